The molecule has 13 rings (SSSR count). The van der Waals surface area contributed by atoms with Crippen molar-refractivity contribution in [1.82, 2.24) is 8.80 Å². The molecular weight excluding hydrogens is 605 g/mol. The van der Waals surface area contributed by atoms with E-state index in [1.54, 1.807) is 0 Å². The number of rotatable bonds is 0. The number of fused-ring (bicyclic) bond motifs is 21. The molecule has 2 heteroatoms. The Balaban J connectivity index is 1.24. The maximum Gasteiger partial charge on any atom is 0.0641 e. The first-order chi connectivity index (χ1) is 24.8. The summed E-state index contributed by atoms with van der Waals surface area (Å²) in [7, 11) is 0. The zero-order valence-electron chi connectivity index (χ0n) is 26.9. The standard InChI is InChI=1S/C48H26N2/c1-2-12-28-27(11-1)29-13-3-5-15-31(29)39-25-41-36-20-10-21-38-45-43(49(47(36)38)44(41)26-40(39)32-16-6-4-14-30(28)32)24-23-37-35-19-9-18-34-33-17-7-8-22-42(33)50(46(34)35)48(37)45/h1-26H. The zero-order chi connectivity index (χ0) is 32.2. The van der Waals surface area contributed by atoms with Gasteiger partial charge in [-0.05, 0) is 68.8 Å². The molecule has 8 aromatic carbocycles. The number of hydrogen-bond acceptors (Lipinski definition) is 0. The van der Waals surface area contributed by atoms with Crippen LogP contribution < -0.4 is 0 Å². The van der Waals surface area contributed by atoms with Crippen LogP contribution in [-0.4, -0.2) is 8.80 Å². The van der Waals surface area contributed by atoms with Gasteiger partial charge in [0.1, 0.15) is 0 Å². The minimum Gasteiger partial charge on any atom is -0.308 e. The highest BCUT2D eigenvalue weighted by molar-refractivity contribution is 6.34. The lowest BCUT2D eigenvalue weighted by molar-refractivity contribution is 1.36. The Labute approximate surface area is 286 Å². The molecule has 0 radical (unpaired) electrons. The molecule has 4 aromatic heterocycles. The van der Waals surface area contributed by atoms with Crippen molar-refractivity contribution in [1.29, 1.82) is 0 Å². The van der Waals surface area contributed by atoms with Gasteiger partial charge in [0.2, 0.25) is 0 Å². The highest BCUT2D eigenvalue weighted by Gasteiger charge is 2.27. The van der Waals surface area contributed by atoms with E-state index in [0.29, 0.717) is 0 Å². The van der Waals surface area contributed by atoms with Crippen molar-refractivity contribution in [3.05, 3.63) is 158 Å². The molecule has 1 aliphatic rings. The molecule has 12 aromatic rings. The summed E-state index contributed by atoms with van der Waals surface area (Å²) in [6.07, 6.45) is 0. The number of nitrogens with zero attached hydrogens (tertiary/aromatic N) is 2. The van der Waals surface area contributed by atoms with Crippen molar-refractivity contribution in [2.24, 2.45) is 0 Å². The third-order valence-electron chi connectivity index (χ3n) is 11.7. The van der Waals surface area contributed by atoms with Crippen LogP contribution in [0.1, 0.15) is 0 Å². The second-order valence-corrected chi connectivity index (χ2v) is 14.0. The van der Waals surface area contributed by atoms with Crippen LogP contribution in [0.25, 0.3) is 121 Å². The van der Waals surface area contributed by atoms with E-state index >= 15 is 0 Å². The Morgan fingerprint density at radius 1 is 0.240 bits per heavy atom. The van der Waals surface area contributed by atoms with Crippen LogP contribution in [0, 0.1) is 0 Å². The molecule has 0 saturated heterocycles. The third-order valence-corrected chi connectivity index (χ3v) is 11.7. The molecule has 228 valence electrons. The van der Waals surface area contributed by atoms with Crippen LogP contribution in [0.15, 0.2) is 158 Å². The van der Waals surface area contributed by atoms with Crippen LogP contribution in [-0.2, 0) is 0 Å². The molecule has 0 amide bonds. The SMILES string of the molecule is c1ccc2c(c1)-c1ccccc1-c1cc3c4cccc5c6c(ccc7c8cccc9c%10ccccc%10n(c98)c76)n(c3cc1-c1ccccc1-2)c45. The van der Waals surface area contributed by atoms with Gasteiger partial charge in [-0.3, -0.25) is 0 Å². The first-order valence-electron chi connectivity index (χ1n) is 17.5. The second kappa shape index (κ2) is 8.68. The summed E-state index contributed by atoms with van der Waals surface area (Å²) in [6, 6.07) is 59.1. The maximum atomic E-state index is 2.56. The normalized spacial score (nSPS) is 12.8. The summed E-state index contributed by atoms with van der Waals surface area (Å²) in [5.74, 6) is 0. The van der Waals surface area contributed by atoms with Crippen molar-refractivity contribution in [2.45, 2.75) is 0 Å². The van der Waals surface area contributed by atoms with Crippen LogP contribution in [0.4, 0.5) is 0 Å². The summed E-state index contributed by atoms with van der Waals surface area (Å²) in [4.78, 5) is 0. The fourth-order valence-corrected chi connectivity index (χ4v) is 9.82. The lowest BCUT2D eigenvalue weighted by atomic mass is 9.80. The van der Waals surface area contributed by atoms with E-state index in [1.165, 1.54) is 121 Å². The molecule has 0 bridgehead atoms. The van der Waals surface area contributed by atoms with E-state index in [9.17, 15) is 0 Å². The summed E-state index contributed by atoms with van der Waals surface area (Å²) in [6.45, 7) is 0. The van der Waals surface area contributed by atoms with Gasteiger partial charge in [-0.2, -0.15) is 0 Å². The lowest BCUT2D eigenvalue weighted by Gasteiger charge is -2.23. The van der Waals surface area contributed by atoms with E-state index in [1.807, 2.05) is 0 Å². The van der Waals surface area contributed by atoms with Crippen LogP contribution >= 0.6 is 0 Å². The average Bonchev–Trinajstić information content (AvgIpc) is 3.90. The molecule has 0 atom stereocenters. The Hall–Kier alpha value is -6.64. The molecule has 0 fully saturated rings. The molecule has 0 aliphatic heterocycles. The minimum absolute atomic E-state index is 1.25. The van der Waals surface area contributed by atoms with Gasteiger partial charge in [0.25, 0.3) is 0 Å². The fourth-order valence-electron chi connectivity index (χ4n) is 9.82. The minimum atomic E-state index is 1.25. The smallest absolute Gasteiger partial charge is 0.0641 e. The summed E-state index contributed by atoms with van der Waals surface area (Å²) in [5, 5.41) is 10.5. The second-order valence-electron chi connectivity index (χ2n) is 14.0. The first-order valence-corrected chi connectivity index (χ1v) is 17.5. The van der Waals surface area contributed by atoms with Crippen LogP contribution in [0.5, 0.6) is 0 Å². The van der Waals surface area contributed by atoms with Crippen molar-refractivity contribution in [3.8, 4) is 44.5 Å². The number of benzene rings is 8. The fraction of sp³-hybridized carbons (Fsp3) is 0. The largest absolute Gasteiger partial charge is 0.308 e. The highest BCUT2D eigenvalue weighted by Crippen LogP contribution is 2.51. The van der Waals surface area contributed by atoms with Crippen molar-refractivity contribution in [3.63, 3.8) is 0 Å². The molecular formula is C48H26N2. The Morgan fingerprint density at radius 2 is 0.700 bits per heavy atom. The lowest BCUT2D eigenvalue weighted by Crippen LogP contribution is -1.97. The monoisotopic (exact) mass is 630 g/mol. The van der Waals surface area contributed by atoms with E-state index in [4.69, 9.17) is 0 Å². The average molecular weight is 631 g/mol. The Kier molecular flexibility index (Phi) is 4.41. The van der Waals surface area contributed by atoms with Crippen LogP contribution in [0.3, 0.4) is 0 Å². The van der Waals surface area contributed by atoms with E-state index < -0.39 is 0 Å². The Morgan fingerprint density at radius 3 is 1.36 bits per heavy atom. The number of aromatic nitrogens is 2. The van der Waals surface area contributed by atoms with Gasteiger partial charge in [0, 0.05) is 43.1 Å². The van der Waals surface area contributed by atoms with Gasteiger partial charge in [-0.15, -0.1) is 0 Å². The Bertz CT molecular complexity index is 3430. The van der Waals surface area contributed by atoms with Gasteiger partial charge < -0.3 is 8.80 Å². The number of hydrogen-bond donors (Lipinski definition) is 0. The zero-order valence-corrected chi connectivity index (χ0v) is 26.9. The van der Waals surface area contributed by atoms with Crippen molar-refractivity contribution >= 4 is 76.2 Å². The van der Waals surface area contributed by atoms with E-state index in [-0.39, 0.29) is 0 Å². The van der Waals surface area contributed by atoms with E-state index in [2.05, 4.69) is 167 Å². The van der Waals surface area contributed by atoms with E-state index in [0.717, 1.165) is 0 Å². The van der Waals surface area contributed by atoms with Gasteiger partial charge in [0.15, 0.2) is 0 Å². The molecule has 0 spiro atoms. The summed E-state index contributed by atoms with van der Waals surface area (Å²) >= 11 is 0. The maximum absolute atomic E-state index is 2.56. The molecule has 2 nitrogen and oxygen atoms in total. The molecule has 0 unspecified atom stereocenters. The highest BCUT2D eigenvalue weighted by atomic mass is 14.9. The van der Waals surface area contributed by atoms with Gasteiger partial charge in [-0.1, -0.05) is 133 Å². The van der Waals surface area contributed by atoms with Gasteiger partial charge >= 0.3 is 0 Å². The molecule has 0 N–H and O–H groups in total. The summed E-state index contributed by atoms with van der Waals surface area (Å²) in [5.41, 5.74) is 17.9. The van der Waals surface area contributed by atoms with Crippen LogP contribution in [0.2, 0.25) is 0 Å². The first kappa shape index (κ1) is 25.4. The summed E-state index contributed by atoms with van der Waals surface area (Å²) < 4.78 is 5.10. The molecule has 50 heavy (non-hydrogen) atoms. The van der Waals surface area contributed by atoms with Crippen molar-refractivity contribution < 1.29 is 0 Å². The quantitative estimate of drug-likeness (QED) is 0.158. The topological polar surface area (TPSA) is 8.82 Å². The molecule has 4 heterocycles. The third kappa shape index (κ3) is 2.83. The molecule has 1 aliphatic carbocycles. The van der Waals surface area contributed by atoms with Crippen molar-refractivity contribution in [2.75, 3.05) is 0 Å². The number of para-hydroxylation sites is 3. The van der Waals surface area contributed by atoms with Gasteiger partial charge in [-0.25, -0.2) is 0 Å². The van der Waals surface area contributed by atoms with Gasteiger partial charge in [0.05, 0.1) is 33.1 Å². The predicted molar refractivity (Wildman–Crippen MR) is 211 cm³/mol. The predicted octanol–water partition coefficient (Wildman–Crippen LogP) is 13.0. The molecule has 0 saturated carbocycles.